The number of carbonyl (C=O) groups is 1. The maximum atomic E-state index is 10.6. The average Bonchev–Trinajstić information content (AvgIpc) is 2.65. The van der Waals surface area contributed by atoms with Crippen LogP contribution in [0.2, 0.25) is 0 Å². The average molecular weight is 224 g/mol. The molecule has 16 heavy (non-hydrogen) atoms. The first-order chi connectivity index (χ1) is 7.66. The van der Waals surface area contributed by atoms with Crippen molar-refractivity contribution in [2.24, 2.45) is 7.05 Å². The second-order valence-corrected chi connectivity index (χ2v) is 4.00. The van der Waals surface area contributed by atoms with Crippen LogP contribution < -0.4 is 4.90 Å². The van der Waals surface area contributed by atoms with Crippen LogP contribution in [-0.4, -0.2) is 58.3 Å². The van der Waals surface area contributed by atoms with Crippen LogP contribution >= 0.6 is 0 Å². The summed E-state index contributed by atoms with van der Waals surface area (Å²) in [5.41, 5.74) is 0. The molecule has 6 heteroatoms. The van der Waals surface area contributed by atoms with Crippen molar-refractivity contribution in [3.05, 3.63) is 12.4 Å². The molecule has 1 aliphatic rings. The first-order valence-corrected chi connectivity index (χ1v) is 5.33. The lowest BCUT2D eigenvalue weighted by Gasteiger charge is -2.34. The van der Waals surface area contributed by atoms with E-state index in [2.05, 4.69) is 9.88 Å². The van der Waals surface area contributed by atoms with Crippen molar-refractivity contribution in [3.63, 3.8) is 0 Å². The molecule has 2 heterocycles. The molecule has 0 spiro atoms. The molecule has 0 aromatic carbocycles. The van der Waals surface area contributed by atoms with Gasteiger partial charge in [-0.2, -0.15) is 0 Å². The standard InChI is InChI=1S/C10H16N4O2/c1-12-3-2-11-10(12)14-6-4-13(5-7-14)8-9(15)16/h2-3H,4-8H2,1H3,(H,15,16). The van der Waals surface area contributed by atoms with Crippen LogP contribution in [0, 0.1) is 0 Å². The number of hydrogen-bond donors (Lipinski definition) is 1. The number of aromatic nitrogens is 2. The summed E-state index contributed by atoms with van der Waals surface area (Å²) in [7, 11) is 1.96. The van der Waals surface area contributed by atoms with Crippen molar-refractivity contribution in [3.8, 4) is 0 Å². The third kappa shape index (κ3) is 2.33. The Balaban J connectivity index is 1.90. The Kier molecular flexibility index (Phi) is 3.09. The molecule has 6 nitrogen and oxygen atoms in total. The predicted molar refractivity (Wildman–Crippen MR) is 59.5 cm³/mol. The van der Waals surface area contributed by atoms with Gasteiger partial charge in [-0.3, -0.25) is 9.69 Å². The molecule has 0 unspecified atom stereocenters. The van der Waals surface area contributed by atoms with E-state index in [-0.39, 0.29) is 6.54 Å². The number of carboxylic acids is 1. The summed E-state index contributed by atoms with van der Waals surface area (Å²) in [5.74, 6) is 0.195. The van der Waals surface area contributed by atoms with Gasteiger partial charge >= 0.3 is 5.97 Å². The van der Waals surface area contributed by atoms with Crippen molar-refractivity contribution < 1.29 is 9.90 Å². The second-order valence-electron chi connectivity index (χ2n) is 4.00. The summed E-state index contributed by atoms with van der Waals surface area (Å²) in [6.07, 6.45) is 3.69. The molecule has 0 atom stereocenters. The molecule has 0 aliphatic carbocycles. The van der Waals surface area contributed by atoms with E-state index in [1.165, 1.54) is 0 Å². The summed E-state index contributed by atoms with van der Waals surface area (Å²) >= 11 is 0. The molecule has 1 saturated heterocycles. The number of piperazine rings is 1. The van der Waals surface area contributed by atoms with E-state index >= 15 is 0 Å². The first kappa shape index (κ1) is 10.9. The van der Waals surface area contributed by atoms with Crippen molar-refractivity contribution in [1.82, 2.24) is 14.5 Å². The van der Waals surface area contributed by atoms with Gasteiger partial charge in [0.05, 0.1) is 6.54 Å². The molecule has 0 amide bonds. The van der Waals surface area contributed by atoms with E-state index in [1.54, 1.807) is 6.20 Å². The Hall–Kier alpha value is -1.56. The van der Waals surface area contributed by atoms with E-state index in [9.17, 15) is 4.79 Å². The number of aryl methyl sites for hydroxylation is 1. The van der Waals surface area contributed by atoms with E-state index in [0.717, 1.165) is 32.1 Å². The van der Waals surface area contributed by atoms with Crippen LogP contribution in [0.5, 0.6) is 0 Å². The summed E-state index contributed by atoms with van der Waals surface area (Å²) < 4.78 is 1.98. The number of hydrogen-bond acceptors (Lipinski definition) is 4. The van der Waals surface area contributed by atoms with Gasteiger partial charge in [0.25, 0.3) is 0 Å². The van der Waals surface area contributed by atoms with Crippen molar-refractivity contribution >= 4 is 11.9 Å². The summed E-state index contributed by atoms with van der Waals surface area (Å²) in [4.78, 5) is 19.0. The van der Waals surface area contributed by atoms with Crippen molar-refractivity contribution in [1.29, 1.82) is 0 Å². The molecule has 2 rings (SSSR count). The number of aliphatic carboxylic acids is 1. The van der Waals surface area contributed by atoms with Crippen LogP contribution in [0.4, 0.5) is 5.95 Å². The normalized spacial score (nSPS) is 17.7. The van der Waals surface area contributed by atoms with E-state index in [0.29, 0.717) is 0 Å². The van der Waals surface area contributed by atoms with Crippen LogP contribution in [-0.2, 0) is 11.8 Å². The van der Waals surface area contributed by atoms with Crippen LogP contribution in [0.1, 0.15) is 0 Å². The molecule has 0 saturated carbocycles. The quantitative estimate of drug-likeness (QED) is 0.759. The third-order valence-electron chi connectivity index (χ3n) is 2.81. The smallest absolute Gasteiger partial charge is 0.317 e. The second kappa shape index (κ2) is 4.52. The molecule has 0 bridgehead atoms. The van der Waals surface area contributed by atoms with E-state index < -0.39 is 5.97 Å². The Labute approximate surface area is 94.1 Å². The Bertz CT molecular complexity index is 369. The Morgan fingerprint density at radius 3 is 2.62 bits per heavy atom. The minimum absolute atomic E-state index is 0.133. The lowest BCUT2D eigenvalue weighted by molar-refractivity contribution is -0.138. The molecule has 1 aliphatic heterocycles. The highest BCUT2D eigenvalue weighted by atomic mass is 16.4. The van der Waals surface area contributed by atoms with Crippen LogP contribution in [0.3, 0.4) is 0 Å². The zero-order chi connectivity index (χ0) is 11.5. The van der Waals surface area contributed by atoms with E-state index in [1.807, 2.05) is 22.7 Å². The minimum Gasteiger partial charge on any atom is -0.480 e. The molecule has 1 N–H and O–H groups in total. The highest BCUT2D eigenvalue weighted by Crippen LogP contribution is 2.12. The lowest BCUT2D eigenvalue weighted by atomic mass is 10.3. The number of rotatable bonds is 3. The lowest BCUT2D eigenvalue weighted by Crippen LogP contribution is -2.48. The number of anilines is 1. The predicted octanol–water partition coefficient (Wildman–Crippen LogP) is -0.373. The molecule has 88 valence electrons. The van der Waals surface area contributed by atoms with Gasteiger partial charge in [-0.15, -0.1) is 0 Å². The van der Waals surface area contributed by atoms with Gasteiger partial charge < -0.3 is 14.6 Å². The minimum atomic E-state index is -0.759. The largest absolute Gasteiger partial charge is 0.480 e. The highest BCUT2D eigenvalue weighted by molar-refractivity contribution is 5.69. The summed E-state index contributed by atoms with van der Waals surface area (Å²) in [6, 6.07) is 0. The van der Waals surface area contributed by atoms with Crippen molar-refractivity contribution in [2.75, 3.05) is 37.6 Å². The van der Waals surface area contributed by atoms with Gasteiger partial charge in [0.15, 0.2) is 0 Å². The van der Waals surface area contributed by atoms with Gasteiger partial charge in [-0.1, -0.05) is 0 Å². The summed E-state index contributed by atoms with van der Waals surface area (Å²) in [6.45, 7) is 3.35. The third-order valence-corrected chi connectivity index (χ3v) is 2.81. The van der Waals surface area contributed by atoms with Crippen molar-refractivity contribution in [2.45, 2.75) is 0 Å². The fraction of sp³-hybridized carbons (Fsp3) is 0.600. The Morgan fingerprint density at radius 2 is 2.12 bits per heavy atom. The topological polar surface area (TPSA) is 61.6 Å². The SMILES string of the molecule is Cn1ccnc1N1CCN(CC(=O)O)CC1. The number of carboxylic acid groups (broad SMARTS) is 1. The molecular formula is C10H16N4O2. The maximum Gasteiger partial charge on any atom is 0.317 e. The first-order valence-electron chi connectivity index (χ1n) is 5.33. The monoisotopic (exact) mass is 224 g/mol. The van der Waals surface area contributed by atoms with Gasteiger partial charge in [0, 0.05) is 45.6 Å². The zero-order valence-electron chi connectivity index (χ0n) is 9.33. The van der Waals surface area contributed by atoms with Crippen LogP contribution in [0.25, 0.3) is 0 Å². The van der Waals surface area contributed by atoms with Gasteiger partial charge in [0.2, 0.25) is 5.95 Å². The fourth-order valence-electron chi connectivity index (χ4n) is 1.96. The molecule has 1 aromatic heterocycles. The van der Waals surface area contributed by atoms with Gasteiger partial charge in [-0.05, 0) is 0 Å². The van der Waals surface area contributed by atoms with Gasteiger partial charge in [-0.25, -0.2) is 4.98 Å². The number of imidazole rings is 1. The number of nitrogens with zero attached hydrogens (tertiary/aromatic N) is 4. The Morgan fingerprint density at radius 1 is 1.44 bits per heavy atom. The highest BCUT2D eigenvalue weighted by Gasteiger charge is 2.20. The molecule has 0 radical (unpaired) electrons. The van der Waals surface area contributed by atoms with Crippen LogP contribution in [0.15, 0.2) is 12.4 Å². The molecule has 1 fully saturated rings. The molecule has 1 aromatic rings. The molecular weight excluding hydrogens is 208 g/mol. The van der Waals surface area contributed by atoms with E-state index in [4.69, 9.17) is 5.11 Å². The summed E-state index contributed by atoms with van der Waals surface area (Å²) in [5, 5.41) is 8.69. The van der Waals surface area contributed by atoms with Gasteiger partial charge in [0.1, 0.15) is 0 Å². The zero-order valence-corrected chi connectivity index (χ0v) is 9.33. The fourth-order valence-corrected chi connectivity index (χ4v) is 1.96. The maximum absolute atomic E-state index is 10.6.